The highest BCUT2D eigenvalue weighted by Crippen LogP contribution is 2.08. The van der Waals surface area contributed by atoms with Crippen molar-refractivity contribution in [3.05, 3.63) is 0 Å². The van der Waals surface area contributed by atoms with Crippen molar-refractivity contribution in [1.29, 1.82) is 0 Å². The van der Waals surface area contributed by atoms with E-state index in [4.69, 9.17) is 43.6 Å². The summed E-state index contributed by atoms with van der Waals surface area (Å²) < 4.78 is 42.9. The number of nitrogens with one attached hydrogen (secondary N) is 8. The molecule has 0 aromatic rings. The second-order valence-electron chi connectivity index (χ2n) is 22.2. The number of primary amides is 1. The van der Waals surface area contributed by atoms with Crippen LogP contribution in [-0.2, 0) is 95.4 Å². The third kappa shape index (κ3) is 52.6. The molecule has 0 radical (unpaired) electrons. The number of nitrogens with zero attached hydrogens (tertiary/aromatic N) is 4. The van der Waals surface area contributed by atoms with E-state index in [-0.39, 0.29) is 244 Å². The number of unbranched alkanes of at least 4 members (excludes halogenated alkanes) is 3. The molecule has 1 rings (SSSR count). The van der Waals surface area contributed by atoms with Crippen LogP contribution >= 0.6 is 0 Å². The van der Waals surface area contributed by atoms with Crippen molar-refractivity contribution in [1.82, 2.24) is 62.1 Å². The van der Waals surface area contributed by atoms with Gasteiger partial charge in [0.05, 0.1) is 105 Å². The molecular formula is C60H109N13O23. The van der Waals surface area contributed by atoms with Crippen molar-refractivity contribution in [3.8, 4) is 0 Å². The molecule has 96 heavy (non-hydrogen) atoms. The molecule has 1 heterocycles. The first-order valence-corrected chi connectivity index (χ1v) is 32.7. The Labute approximate surface area is 561 Å². The maximum atomic E-state index is 12.9. The number of carbonyl (C=O) groups is 12. The molecule has 0 saturated carbocycles. The largest absolute Gasteiger partial charge is 0.480 e. The summed E-state index contributed by atoms with van der Waals surface area (Å²) in [7, 11) is 1.68. The van der Waals surface area contributed by atoms with Gasteiger partial charge >= 0.3 is 17.9 Å². The summed E-state index contributed by atoms with van der Waals surface area (Å²) in [5.74, 6) is -5.86. The Hall–Kier alpha value is -6.52. The van der Waals surface area contributed by atoms with Crippen LogP contribution in [0.4, 0.5) is 0 Å². The van der Waals surface area contributed by atoms with Gasteiger partial charge in [0, 0.05) is 104 Å². The summed E-state index contributed by atoms with van der Waals surface area (Å²) in [5, 5.41) is 50.2. The van der Waals surface area contributed by atoms with Crippen LogP contribution in [0, 0.1) is 0 Å². The molecule has 2 atom stereocenters. The second kappa shape index (κ2) is 58.6. The lowest BCUT2D eigenvalue weighted by molar-refractivity contribution is -0.140. The van der Waals surface area contributed by atoms with Crippen molar-refractivity contribution in [2.75, 3.05) is 224 Å². The number of hydrogen-bond donors (Lipinski definition) is 12. The molecule has 1 saturated heterocycles. The van der Waals surface area contributed by atoms with E-state index in [1.165, 1.54) is 0 Å². The van der Waals surface area contributed by atoms with E-state index in [0.29, 0.717) is 71.1 Å². The van der Waals surface area contributed by atoms with Crippen LogP contribution in [-0.4, -0.2) is 342 Å². The third-order valence-electron chi connectivity index (χ3n) is 14.1. The number of ketones is 2. The first kappa shape index (κ1) is 87.5. The highest BCUT2D eigenvalue weighted by molar-refractivity contribution is 5.88. The van der Waals surface area contributed by atoms with Crippen LogP contribution < -0.4 is 48.3 Å². The van der Waals surface area contributed by atoms with Crippen LogP contribution in [0.5, 0.6) is 0 Å². The number of rotatable bonds is 60. The van der Waals surface area contributed by atoms with E-state index in [0.717, 1.165) is 12.8 Å². The molecule has 1 fully saturated rings. The predicted molar refractivity (Wildman–Crippen MR) is 344 cm³/mol. The normalized spacial score (nSPS) is 14.3. The lowest BCUT2D eigenvalue weighted by atomic mass is 10.1. The minimum absolute atomic E-state index is 0.00432. The Balaban J connectivity index is 2.10. The molecule has 0 bridgehead atoms. The number of aliphatic carboxylic acids is 3. The first-order valence-electron chi connectivity index (χ1n) is 32.7. The number of likely N-dealkylation sites (N-methyl/N-ethyl adjacent to an activating group) is 2. The number of hydrogen-bond acceptors (Lipinski definition) is 26. The summed E-state index contributed by atoms with van der Waals surface area (Å²) in [6.45, 7) is 4.94. The quantitative estimate of drug-likeness (QED) is 0.0200. The minimum Gasteiger partial charge on any atom is -0.480 e. The van der Waals surface area contributed by atoms with Crippen molar-refractivity contribution < 1.29 is 111 Å². The van der Waals surface area contributed by atoms with Gasteiger partial charge in [-0.2, -0.15) is 0 Å². The summed E-state index contributed by atoms with van der Waals surface area (Å²) >= 11 is 0. The Morgan fingerprint density at radius 3 is 1.40 bits per heavy atom. The number of ether oxygens (including phenoxy) is 8. The molecule has 36 heteroatoms. The fourth-order valence-corrected chi connectivity index (χ4v) is 9.05. The van der Waals surface area contributed by atoms with E-state index in [2.05, 4.69) is 42.5 Å². The van der Waals surface area contributed by atoms with Crippen molar-refractivity contribution >= 4 is 70.8 Å². The Bertz CT molecular complexity index is 2210. The van der Waals surface area contributed by atoms with Gasteiger partial charge in [-0.3, -0.25) is 82.5 Å². The Morgan fingerprint density at radius 1 is 0.417 bits per heavy atom. The van der Waals surface area contributed by atoms with Crippen LogP contribution in [0.25, 0.3) is 0 Å². The van der Waals surface area contributed by atoms with Gasteiger partial charge in [-0.25, -0.2) is 0 Å². The molecule has 7 amide bonds. The zero-order chi connectivity index (χ0) is 70.8. The number of carboxylic acids is 3. The standard InChI is InChI=1S/C60H109N13O23/c1-3-64-60(88)50(12-7-8-15-65-51(76)13-9-14-52(77)66-16-27-89-30-32-92-42-48(75)36-63-45-94-35-34-91-41-47(74)10-5-4-6-11-49(62-2)59(61)87)69-55(80)44-96-46-95-29-18-68-54(79)43-93-33-31-90-28-17-67-53(78)37-70-19-21-71(38-56(81)82)23-25-73(40-58(85)86)26-24-72(22-20-70)39-57(83)84/h49-50,62-63H,3-46H2,1-2H3,(H2,61,87)(H,64,88)(H,65,76)(H,66,77)(H,67,78)(H,68,79)(H,69,80)(H,81,82)(H,83,84)(H,85,86)/t49?,50-/m0/s1. The van der Waals surface area contributed by atoms with Crippen molar-refractivity contribution in [3.63, 3.8) is 0 Å². The molecule has 552 valence electrons. The minimum atomic E-state index is -1.05. The molecule has 0 aliphatic carbocycles. The lowest BCUT2D eigenvalue weighted by Gasteiger charge is -2.32. The monoisotopic (exact) mass is 1380 g/mol. The zero-order valence-corrected chi connectivity index (χ0v) is 56.1. The molecule has 1 unspecified atom stereocenters. The van der Waals surface area contributed by atoms with Gasteiger partial charge < -0.3 is 96.2 Å². The van der Waals surface area contributed by atoms with Gasteiger partial charge in [-0.05, 0) is 52.5 Å². The molecule has 1 aliphatic heterocycles. The highest BCUT2D eigenvalue weighted by atomic mass is 16.7. The van der Waals surface area contributed by atoms with Gasteiger partial charge in [0.1, 0.15) is 39.3 Å². The Morgan fingerprint density at radius 2 is 0.865 bits per heavy atom. The van der Waals surface area contributed by atoms with E-state index >= 15 is 0 Å². The number of amides is 7. The highest BCUT2D eigenvalue weighted by Gasteiger charge is 2.23. The molecule has 13 N–H and O–H groups in total. The zero-order valence-electron chi connectivity index (χ0n) is 56.1. The van der Waals surface area contributed by atoms with Gasteiger partial charge in [0.2, 0.25) is 41.4 Å². The van der Waals surface area contributed by atoms with E-state index in [1.54, 1.807) is 33.6 Å². The second-order valence-corrected chi connectivity index (χ2v) is 22.2. The van der Waals surface area contributed by atoms with E-state index in [9.17, 15) is 72.9 Å². The number of carboxylic acid groups (broad SMARTS) is 3. The Kier molecular flexibility index (Phi) is 53.4. The van der Waals surface area contributed by atoms with Crippen LogP contribution in [0.2, 0.25) is 0 Å². The summed E-state index contributed by atoms with van der Waals surface area (Å²) in [5.41, 5.74) is 5.30. The van der Waals surface area contributed by atoms with Gasteiger partial charge in [0.25, 0.3) is 0 Å². The average Bonchev–Trinajstić information content (AvgIpc) is 1.34. The summed E-state index contributed by atoms with van der Waals surface area (Å²) in [6, 6.07) is -1.20. The molecule has 0 spiro atoms. The molecule has 1 aliphatic rings. The number of carbonyl (C=O) groups excluding carboxylic acids is 9. The first-order chi connectivity index (χ1) is 46.2. The molecular weight excluding hydrogens is 1270 g/mol. The molecule has 0 aromatic heterocycles. The maximum Gasteiger partial charge on any atom is 0.317 e. The molecule has 0 aromatic carbocycles. The fourth-order valence-electron chi connectivity index (χ4n) is 9.05. The topological polar surface area (TPSA) is 475 Å². The van der Waals surface area contributed by atoms with E-state index in [1.807, 2.05) is 0 Å². The SMILES string of the molecule is CCNC(=O)[C@H](CCCCNC(=O)CCCC(=O)NCCOCCOCC(=O)CNCOCCOCC(=O)CCCCCC(NC)C(N)=O)NC(=O)COCOCCNC(=O)COCCOCCNC(=O)CN1CCN(CC(=O)O)CCN(CC(=O)O)CCN(CC(=O)O)CC1. The lowest BCUT2D eigenvalue weighted by Crippen LogP contribution is -2.50. The summed E-state index contributed by atoms with van der Waals surface area (Å²) in [6.07, 6.45) is 5.27. The van der Waals surface area contributed by atoms with Crippen LogP contribution in [0.3, 0.4) is 0 Å². The summed E-state index contributed by atoms with van der Waals surface area (Å²) in [4.78, 5) is 151. The predicted octanol–water partition coefficient (Wildman–Crippen LogP) is -5.31. The van der Waals surface area contributed by atoms with Crippen LogP contribution in [0.1, 0.15) is 77.6 Å². The third-order valence-corrected chi connectivity index (χ3v) is 14.1. The number of Topliss-reactive ketones (excluding diaryl/α,β-unsaturated/α-hetero) is 2. The van der Waals surface area contributed by atoms with Crippen molar-refractivity contribution in [2.45, 2.75) is 89.6 Å². The van der Waals surface area contributed by atoms with Crippen molar-refractivity contribution in [2.24, 2.45) is 5.73 Å². The molecule has 36 nitrogen and oxygen atoms in total. The van der Waals surface area contributed by atoms with Gasteiger partial charge in [0.15, 0.2) is 11.6 Å². The van der Waals surface area contributed by atoms with Gasteiger partial charge in [-0.1, -0.05) is 12.8 Å². The van der Waals surface area contributed by atoms with Gasteiger partial charge in [-0.15, -0.1) is 0 Å². The van der Waals surface area contributed by atoms with E-state index < -0.39 is 42.4 Å². The fraction of sp³-hybridized carbons (Fsp3) is 0.800. The maximum absolute atomic E-state index is 12.9. The number of nitrogens with two attached hydrogens (primary N) is 1. The smallest absolute Gasteiger partial charge is 0.317 e. The average molecular weight is 1380 g/mol. The van der Waals surface area contributed by atoms with Crippen LogP contribution in [0.15, 0.2) is 0 Å².